The van der Waals surface area contributed by atoms with Crippen molar-refractivity contribution >= 4 is 0 Å². The molecule has 1 saturated carbocycles. The molecule has 2 rings (SSSR count). The van der Waals surface area contributed by atoms with Gasteiger partial charge in [0.2, 0.25) is 0 Å². The van der Waals surface area contributed by atoms with Crippen LogP contribution in [0.4, 0.5) is 0 Å². The van der Waals surface area contributed by atoms with Crippen molar-refractivity contribution in [2.24, 2.45) is 5.92 Å². The Kier molecular flexibility index (Phi) is 5.45. The first-order chi connectivity index (χ1) is 9.27. The van der Waals surface area contributed by atoms with Crippen molar-refractivity contribution in [1.29, 1.82) is 0 Å². The maximum absolute atomic E-state index is 10.8. The van der Waals surface area contributed by atoms with E-state index in [1.807, 2.05) is 0 Å². The fraction of sp³-hybridized carbons (Fsp3) is 0.667. The van der Waals surface area contributed by atoms with Crippen molar-refractivity contribution < 1.29 is 5.11 Å². The molecule has 0 heterocycles. The van der Waals surface area contributed by atoms with Gasteiger partial charge in [-0.15, -0.1) is 0 Å². The van der Waals surface area contributed by atoms with E-state index in [9.17, 15) is 5.11 Å². The van der Waals surface area contributed by atoms with Gasteiger partial charge in [-0.25, -0.2) is 0 Å². The summed E-state index contributed by atoms with van der Waals surface area (Å²) in [5.41, 5.74) is 2.62. The molecule has 1 N–H and O–H groups in total. The molecule has 0 saturated heterocycles. The predicted molar refractivity (Wildman–Crippen MR) is 81.3 cm³/mol. The summed E-state index contributed by atoms with van der Waals surface area (Å²) in [6.07, 6.45) is 8.34. The summed E-state index contributed by atoms with van der Waals surface area (Å²) in [6.45, 7) is 4.43. The second-order valence-electron chi connectivity index (χ2n) is 6.01. The zero-order chi connectivity index (χ0) is 13.7. The molecule has 1 aromatic rings. The van der Waals surface area contributed by atoms with Crippen LogP contribution in [-0.4, -0.2) is 5.11 Å². The lowest BCUT2D eigenvalue weighted by Gasteiger charge is -2.31. The van der Waals surface area contributed by atoms with Crippen LogP contribution in [-0.2, 0) is 0 Å². The average molecular weight is 260 g/mol. The number of aliphatic hydroxyl groups is 1. The van der Waals surface area contributed by atoms with Gasteiger partial charge in [0.1, 0.15) is 0 Å². The third kappa shape index (κ3) is 3.39. The minimum absolute atomic E-state index is 0.270. The molecule has 1 aromatic carbocycles. The monoisotopic (exact) mass is 260 g/mol. The molecule has 1 aliphatic carbocycles. The number of unbranched alkanes of at least 4 members (excludes halogenated alkanes) is 1. The second kappa shape index (κ2) is 7.09. The Morgan fingerprint density at radius 1 is 1.21 bits per heavy atom. The average Bonchev–Trinajstić information content (AvgIpc) is 2.38. The van der Waals surface area contributed by atoms with Gasteiger partial charge in [-0.05, 0) is 42.2 Å². The minimum atomic E-state index is -0.270. The smallest absolute Gasteiger partial charge is 0.0820 e. The predicted octanol–water partition coefficient (Wildman–Crippen LogP) is 5.20. The van der Waals surface area contributed by atoms with Crippen molar-refractivity contribution in [3.05, 3.63) is 35.4 Å². The largest absolute Gasteiger partial charge is 0.388 e. The van der Waals surface area contributed by atoms with E-state index in [2.05, 4.69) is 38.1 Å². The van der Waals surface area contributed by atoms with Gasteiger partial charge in [-0.2, -0.15) is 0 Å². The quantitative estimate of drug-likeness (QED) is 0.714. The van der Waals surface area contributed by atoms with Crippen molar-refractivity contribution in [1.82, 2.24) is 0 Å². The van der Waals surface area contributed by atoms with Crippen molar-refractivity contribution in [3.63, 3.8) is 0 Å². The van der Waals surface area contributed by atoms with Gasteiger partial charge in [0, 0.05) is 0 Å². The van der Waals surface area contributed by atoms with Crippen molar-refractivity contribution in [3.8, 4) is 0 Å². The summed E-state index contributed by atoms with van der Waals surface area (Å²) in [5.74, 6) is 1.12. The Bertz CT molecular complexity index is 381. The zero-order valence-corrected chi connectivity index (χ0v) is 12.4. The van der Waals surface area contributed by atoms with Gasteiger partial charge < -0.3 is 5.11 Å². The molecule has 0 spiro atoms. The molecule has 19 heavy (non-hydrogen) atoms. The minimum Gasteiger partial charge on any atom is -0.388 e. The van der Waals surface area contributed by atoms with E-state index in [-0.39, 0.29) is 6.10 Å². The van der Waals surface area contributed by atoms with Gasteiger partial charge in [-0.1, -0.05) is 63.8 Å². The summed E-state index contributed by atoms with van der Waals surface area (Å²) in [6, 6.07) is 8.58. The Labute approximate surface area is 118 Å². The maximum Gasteiger partial charge on any atom is 0.0820 e. The molecule has 0 amide bonds. The van der Waals surface area contributed by atoms with Crippen molar-refractivity contribution in [2.75, 3.05) is 0 Å². The first-order valence-corrected chi connectivity index (χ1v) is 8.04. The lowest BCUT2D eigenvalue weighted by molar-refractivity contribution is 0.0971. The molecule has 0 radical (unpaired) electrons. The van der Waals surface area contributed by atoms with Gasteiger partial charge >= 0.3 is 0 Å². The Morgan fingerprint density at radius 2 is 1.95 bits per heavy atom. The van der Waals surface area contributed by atoms with Crippen LogP contribution in [0.25, 0.3) is 0 Å². The SMILES string of the molecule is CCCCC(CC)C(O)c1ccccc1C1CCC1. The molecule has 1 heteroatoms. The molecule has 106 valence electrons. The molecule has 1 fully saturated rings. The number of benzene rings is 1. The van der Waals surface area contributed by atoms with Crippen LogP contribution in [0, 0.1) is 5.92 Å². The molecule has 1 aliphatic rings. The fourth-order valence-corrected chi connectivity index (χ4v) is 3.18. The molecule has 0 aromatic heterocycles. The van der Waals surface area contributed by atoms with Gasteiger partial charge in [0.25, 0.3) is 0 Å². The van der Waals surface area contributed by atoms with Gasteiger partial charge in [0.15, 0.2) is 0 Å². The van der Waals surface area contributed by atoms with Gasteiger partial charge in [-0.3, -0.25) is 0 Å². The molecule has 2 atom stereocenters. The van der Waals surface area contributed by atoms with E-state index in [0.717, 1.165) is 12.8 Å². The lowest BCUT2D eigenvalue weighted by Crippen LogP contribution is -2.17. The van der Waals surface area contributed by atoms with Crippen LogP contribution >= 0.6 is 0 Å². The Balaban J connectivity index is 2.14. The van der Waals surface area contributed by atoms with Crippen LogP contribution in [0.15, 0.2) is 24.3 Å². The zero-order valence-electron chi connectivity index (χ0n) is 12.4. The molecule has 2 unspecified atom stereocenters. The van der Waals surface area contributed by atoms with Crippen LogP contribution in [0.2, 0.25) is 0 Å². The van der Waals surface area contributed by atoms with Gasteiger partial charge in [0.05, 0.1) is 6.10 Å². The number of hydrogen-bond acceptors (Lipinski definition) is 1. The highest BCUT2D eigenvalue weighted by Crippen LogP contribution is 2.41. The topological polar surface area (TPSA) is 20.2 Å². The number of rotatable bonds is 7. The third-order valence-electron chi connectivity index (χ3n) is 4.76. The van der Waals surface area contributed by atoms with Crippen LogP contribution in [0.1, 0.15) is 81.9 Å². The molecule has 0 bridgehead atoms. The maximum atomic E-state index is 10.8. The molecule has 1 nitrogen and oxygen atoms in total. The first kappa shape index (κ1) is 14.6. The highest BCUT2D eigenvalue weighted by Gasteiger charge is 2.27. The summed E-state index contributed by atoms with van der Waals surface area (Å²) in [4.78, 5) is 0. The second-order valence-corrected chi connectivity index (χ2v) is 6.01. The summed E-state index contributed by atoms with van der Waals surface area (Å²) in [5, 5.41) is 10.8. The summed E-state index contributed by atoms with van der Waals surface area (Å²) in [7, 11) is 0. The Morgan fingerprint density at radius 3 is 2.53 bits per heavy atom. The molecule has 0 aliphatic heterocycles. The number of hydrogen-bond donors (Lipinski definition) is 1. The van der Waals surface area contributed by atoms with E-state index in [1.54, 1.807) is 0 Å². The van der Waals surface area contributed by atoms with E-state index in [1.165, 1.54) is 43.2 Å². The van der Waals surface area contributed by atoms with Crippen LogP contribution in [0.5, 0.6) is 0 Å². The van der Waals surface area contributed by atoms with E-state index in [4.69, 9.17) is 0 Å². The first-order valence-electron chi connectivity index (χ1n) is 8.04. The van der Waals surface area contributed by atoms with E-state index >= 15 is 0 Å². The molecular formula is C18H28O. The number of aliphatic hydroxyl groups excluding tert-OH is 1. The summed E-state index contributed by atoms with van der Waals surface area (Å²) < 4.78 is 0. The van der Waals surface area contributed by atoms with Crippen LogP contribution in [0.3, 0.4) is 0 Å². The highest BCUT2D eigenvalue weighted by molar-refractivity contribution is 5.33. The van der Waals surface area contributed by atoms with Crippen molar-refractivity contribution in [2.45, 2.75) is 70.8 Å². The summed E-state index contributed by atoms with van der Waals surface area (Å²) >= 11 is 0. The fourth-order valence-electron chi connectivity index (χ4n) is 3.18. The standard InChI is InChI=1S/C18H28O/c1-3-5-9-14(4-2)18(19)17-13-7-6-12-16(17)15-10-8-11-15/h6-7,12-15,18-19H,3-5,8-11H2,1-2H3. The van der Waals surface area contributed by atoms with Crippen LogP contribution < -0.4 is 0 Å². The normalized spacial score (nSPS) is 18.9. The molecular weight excluding hydrogens is 232 g/mol. The highest BCUT2D eigenvalue weighted by atomic mass is 16.3. The van der Waals surface area contributed by atoms with E-state index < -0.39 is 0 Å². The Hall–Kier alpha value is -0.820. The van der Waals surface area contributed by atoms with E-state index in [0.29, 0.717) is 11.8 Å². The lowest BCUT2D eigenvalue weighted by atomic mass is 9.75. The third-order valence-corrected chi connectivity index (χ3v) is 4.76.